The number of aromatic hydroxyl groups is 1. The molecule has 10 nitrogen and oxygen atoms in total. The highest BCUT2D eigenvalue weighted by Crippen LogP contribution is 2.55. The van der Waals surface area contributed by atoms with Gasteiger partial charge in [0.15, 0.2) is 17.3 Å². The van der Waals surface area contributed by atoms with E-state index in [0.717, 1.165) is 0 Å². The lowest BCUT2D eigenvalue weighted by Gasteiger charge is -2.59. The second-order valence-corrected chi connectivity index (χ2v) is 9.61. The van der Waals surface area contributed by atoms with Gasteiger partial charge < -0.3 is 26.4 Å². The number of primary amides is 1. The fourth-order valence-electron chi connectivity index (χ4n) is 6.57. The smallest absolute Gasteiger partial charge is 0.229 e. The van der Waals surface area contributed by atoms with Crippen molar-refractivity contribution in [3.05, 3.63) is 29.3 Å². The van der Waals surface area contributed by atoms with E-state index in [-0.39, 0.29) is 11.3 Å². The molecule has 1 amide bonds. The van der Waals surface area contributed by atoms with Gasteiger partial charge in [0.05, 0.1) is 29.7 Å². The fourth-order valence-corrected chi connectivity index (χ4v) is 6.57. The van der Waals surface area contributed by atoms with Crippen LogP contribution in [0.4, 0.5) is 0 Å². The molecule has 0 aromatic heterocycles. The van der Waals surface area contributed by atoms with Crippen LogP contribution in [0.5, 0.6) is 5.75 Å². The fraction of sp³-hybridized carbons (Fsp3) is 0.565. The molecule has 0 bridgehead atoms. The minimum atomic E-state index is -2.44. The highest BCUT2D eigenvalue weighted by atomic mass is 16.3. The van der Waals surface area contributed by atoms with E-state index in [1.807, 2.05) is 0 Å². The minimum Gasteiger partial charge on any atom is -0.507 e. The molecule has 3 aliphatic carbocycles. The maximum absolute atomic E-state index is 14.0. The largest absolute Gasteiger partial charge is 0.507 e. The van der Waals surface area contributed by atoms with Crippen molar-refractivity contribution in [2.75, 3.05) is 21.1 Å². The Kier molecular flexibility index (Phi) is 5.48. The first-order valence-corrected chi connectivity index (χ1v) is 10.9. The molecule has 1 aromatic rings. The molecule has 178 valence electrons. The van der Waals surface area contributed by atoms with E-state index in [0.29, 0.717) is 5.56 Å². The van der Waals surface area contributed by atoms with Crippen molar-refractivity contribution in [3.8, 4) is 5.75 Å². The topological polar surface area (TPSA) is 170 Å². The van der Waals surface area contributed by atoms with Gasteiger partial charge >= 0.3 is 0 Å². The second-order valence-electron chi connectivity index (χ2n) is 9.61. The number of hydrogen-bond acceptors (Lipinski definition) is 9. The summed E-state index contributed by atoms with van der Waals surface area (Å²) < 4.78 is 0. The van der Waals surface area contributed by atoms with E-state index in [1.54, 1.807) is 33.2 Å². The average Bonchev–Trinajstić information content (AvgIpc) is 2.74. The van der Waals surface area contributed by atoms with Crippen LogP contribution in [-0.4, -0.2) is 88.4 Å². The summed E-state index contributed by atoms with van der Waals surface area (Å²) in [6, 6.07) is 1.95. The summed E-state index contributed by atoms with van der Waals surface area (Å²) in [5.74, 6) is -9.29. The number of carbonyl (C=O) groups excluding carboxylic acids is 4. The van der Waals surface area contributed by atoms with Crippen molar-refractivity contribution < 1.29 is 34.5 Å². The van der Waals surface area contributed by atoms with Gasteiger partial charge in [-0.05, 0) is 38.7 Å². The van der Waals surface area contributed by atoms with Gasteiger partial charge in [-0.15, -0.1) is 0 Å². The first-order chi connectivity index (χ1) is 15.4. The number of nitrogens with two attached hydrogens (primary N) is 1. The van der Waals surface area contributed by atoms with Crippen LogP contribution in [-0.2, 0) is 14.4 Å². The predicted molar refractivity (Wildman–Crippen MR) is 115 cm³/mol. The molecule has 0 aliphatic heterocycles. The maximum Gasteiger partial charge on any atom is 0.229 e. The first-order valence-electron chi connectivity index (χ1n) is 10.9. The molecule has 0 spiro atoms. The number of carbonyl (C=O) groups is 4. The van der Waals surface area contributed by atoms with Crippen molar-refractivity contribution in [1.82, 2.24) is 10.2 Å². The lowest BCUT2D eigenvalue weighted by molar-refractivity contribution is -0.203. The summed E-state index contributed by atoms with van der Waals surface area (Å²) in [4.78, 5) is 54.5. The Hall–Kier alpha value is -2.66. The lowest BCUT2D eigenvalue weighted by atomic mass is 9.48. The number of Topliss-reactive ketones (excluding diaryl/α,β-unsaturated/α-hetero) is 3. The van der Waals surface area contributed by atoms with Crippen LogP contribution >= 0.6 is 0 Å². The standard InChI is InChI=1S/C23H29N3O7/c1-8-9-6-5-7-10(27)12(9)17(28)13-11(8)18(29)15-16(26(3)4)19(30)14(22(24)32)20(25-2)23(15,33)21(13)31/h5-8,11,13-16,18,20,25,27,29,33H,1-4H3,(H2,24,32)/t8-,11+,13?,14?,15+,16-,18-,20+,23+/m0/s1. The molecular formula is C23H29N3O7. The normalized spacial score (nSPS) is 40.3. The van der Waals surface area contributed by atoms with Crippen molar-refractivity contribution in [2.45, 2.75) is 36.6 Å². The van der Waals surface area contributed by atoms with Crippen LogP contribution in [0.1, 0.15) is 28.8 Å². The number of nitrogens with zero attached hydrogens (tertiary/aromatic N) is 1. The van der Waals surface area contributed by atoms with E-state index in [4.69, 9.17) is 5.73 Å². The van der Waals surface area contributed by atoms with Crippen LogP contribution < -0.4 is 11.1 Å². The quantitative estimate of drug-likeness (QED) is 0.335. The monoisotopic (exact) mass is 459 g/mol. The number of likely N-dealkylation sites (N-methyl/N-ethyl adjacent to an activating group) is 2. The molecule has 3 aliphatic rings. The van der Waals surface area contributed by atoms with Gasteiger partial charge in [0, 0.05) is 11.8 Å². The molecule has 0 heterocycles. The number of amides is 1. The molecule has 2 fully saturated rings. The SMILES string of the molecule is CN[C@@H]1C(C(N)=O)C(=O)[C@@H](N(C)C)[C@@H]2[C@@H](O)[C@H]3C(C(=O)c4c(O)cccc4[C@@H]3C)C(=O)[C@@]21O. The average molecular weight is 459 g/mol. The van der Waals surface area contributed by atoms with Crippen LogP contribution in [0, 0.1) is 23.7 Å². The zero-order valence-electron chi connectivity index (χ0n) is 18.9. The molecule has 0 radical (unpaired) electrons. The third-order valence-corrected chi connectivity index (χ3v) is 7.92. The molecule has 2 unspecified atom stereocenters. The molecule has 2 saturated carbocycles. The van der Waals surface area contributed by atoms with E-state index in [9.17, 15) is 34.5 Å². The van der Waals surface area contributed by atoms with Crippen LogP contribution in [0.2, 0.25) is 0 Å². The minimum absolute atomic E-state index is 0.0163. The number of ketones is 3. The summed E-state index contributed by atoms with van der Waals surface area (Å²) in [7, 11) is 4.47. The van der Waals surface area contributed by atoms with Gasteiger partial charge in [0.1, 0.15) is 17.3 Å². The van der Waals surface area contributed by atoms with Gasteiger partial charge in [-0.1, -0.05) is 19.1 Å². The number of benzene rings is 1. The van der Waals surface area contributed by atoms with E-state index >= 15 is 0 Å². The van der Waals surface area contributed by atoms with Gasteiger partial charge in [0.2, 0.25) is 5.91 Å². The number of rotatable bonds is 3. The number of aliphatic hydroxyl groups excluding tert-OH is 1. The Labute approximate surface area is 190 Å². The van der Waals surface area contributed by atoms with E-state index < -0.39 is 76.6 Å². The van der Waals surface area contributed by atoms with Crippen molar-refractivity contribution in [2.24, 2.45) is 29.4 Å². The van der Waals surface area contributed by atoms with Crippen LogP contribution in [0.3, 0.4) is 0 Å². The van der Waals surface area contributed by atoms with Crippen molar-refractivity contribution in [3.63, 3.8) is 0 Å². The molecule has 4 rings (SSSR count). The summed E-state index contributed by atoms with van der Waals surface area (Å²) in [5.41, 5.74) is 3.54. The number of fused-ring (bicyclic) bond motifs is 3. The molecule has 1 aromatic carbocycles. The summed E-state index contributed by atoms with van der Waals surface area (Å²) in [6.45, 7) is 1.74. The van der Waals surface area contributed by atoms with Gasteiger partial charge in [-0.25, -0.2) is 0 Å². The first kappa shape index (κ1) is 23.5. The summed E-state index contributed by atoms with van der Waals surface area (Å²) >= 11 is 0. The Balaban J connectivity index is 1.97. The van der Waals surface area contributed by atoms with Gasteiger partial charge in [-0.2, -0.15) is 0 Å². The van der Waals surface area contributed by atoms with E-state index in [1.165, 1.54) is 18.0 Å². The maximum atomic E-state index is 14.0. The number of phenols is 1. The molecule has 0 saturated heterocycles. The van der Waals surface area contributed by atoms with Crippen molar-refractivity contribution in [1.29, 1.82) is 0 Å². The van der Waals surface area contributed by atoms with E-state index in [2.05, 4.69) is 5.32 Å². The van der Waals surface area contributed by atoms with Gasteiger partial charge in [0.25, 0.3) is 0 Å². The number of aliphatic hydroxyl groups is 2. The molecule has 9 atom stereocenters. The summed E-state index contributed by atoms with van der Waals surface area (Å²) in [6.07, 6.45) is -1.44. The Bertz CT molecular complexity index is 1060. The van der Waals surface area contributed by atoms with Crippen LogP contribution in [0.15, 0.2) is 18.2 Å². The Morgan fingerprint density at radius 3 is 2.39 bits per heavy atom. The molecule has 33 heavy (non-hydrogen) atoms. The van der Waals surface area contributed by atoms with Gasteiger partial charge in [-0.3, -0.25) is 24.1 Å². The predicted octanol–water partition coefficient (Wildman–Crippen LogP) is -1.58. The number of phenolic OH excluding ortho intramolecular Hbond substituents is 1. The zero-order valence-corrected chi connectivity index (χ0v) is 18.9. The zero-order chi connectivity index (χ0) is 24.6. The Morgan fingerprint density at radius 1 is 1.21 bits per heavy atom. The Morgan fingerprint density at radius 2 is 1.85 bits per heavy atom. The highest BCUT2D eigenvalue weighted by Gasteiger charge is 2.72. The van der Waals surface area contributed by atoms with Crippen LogP contribution in [0.25, 0.3) is 0 Å². The lowest BCUT2D eigenvalue weighted by Crippen LogP contribution is -2.81. The molecular weight excluding hydrogens is 430 g/mol. The molecule has 10 heteroatoms. The third-order valence-electron chi connectivity index (χ3n) is 7.92. The number of hydrogen-bond donors (Lipinski definition) is 5. The van der Waals surface area contributed by atoms with Crippen molar-refractivity contribution >= 4 is 23.3 Å². The third kappa shape index (κ3) is 2.87. The highest BCUT2D eigenvalue weighted by molar-refractivity contribution is 6.18. The number of nitrogens with one attached hydrogen (secondary N) is 1. The molecule has 6 N–H and O–H groups in total. The second kappa shape index (κ2) is 7.69. The summed E-state index contributed by atoms with van der Waals surface area (Å²) in [5, 5.41) is 36.6.